The molecule has 2 aromatic rings. The van der Waals surface area contributed by atoms with Gasteiger partial charge in [0.15, 0.2) is 0 Å². The Kier molecular flexibility index (Phi) is 6.03. The molecule has 2 aliphatic heterocycles. The van der Waals surface area contributed by atoms with Crippen LogP contribution in [0, 0.1) is 34.8 Å². The van der Waals surface area contributed by atoms with Crippen molar-refractivity contribution in [2.45, 2.75) is 39.0 Å². The van der Waals surface area contributed by atoms with E-state index in [9.17, 15) is 29.3 Å². The smallest absolute Gasteiger partial charge is 0.316 e. The molecule has 10 heteroatoms. The zero-order valence-electron chi connectivity index (χ0n) is 19.7. The second-order valence-electron chi connectivity index (χ2n) is 9.56. The molecule has 2 aromatic carbocycles. The number of esters is 1. The predicted octanol–water partition coefficient (Wildman–Crippen LogP) is 3.54. The maximum Gasteiger partial charge on any atom is 0.316 e. The van der Waals surface area contributed by atoms with Crippen molar-refractivity contribution in [1.82, 2.24) is 0 Å². The minimum absolute atomic E-state index is 0.0318. The fraction of sp³-hybridized carbons (Fsp3) is 0.385. The number of anilines is 2. The van der Waals surface area contributed by atoms with Gasteiger partial charge in [0.1, 0.15) is 5.75 Å². The van der Waals surface area contributed by atoms with Crippen LogP contribution in [-0.2, 0) is 19.2 Å². The number of hydrogen-bond acceptors (Lipinski definition) is 7. The summed E-state index contributed by atoms with van der Waals surface area (Å²) < 4.78 is 5.53. The maximum atomic E-state index is 12.9. The lowest BCUT2D eigenvalue weighted by molar-refractivity contribution is -0.385. The van der Waals surface area contributed by atoms with E-state index in [1.165, 1.54) is 21.9 Å². The summed E-state index contributed by atoms with van der Waals surface area (Å²) in [6.45, 7) is 1.64. The number of nitro groups is 1. The third-order valence-electron chi connectivity index (χ3n) is 7.29. The molecule has 10 nitrogen and oxygen atoms in total. The number of amides is 3. The fourth-order valence-electron chi connectivity index (χ4n) is 5.38. The first-order chi connectivity index (χ1) is 17.2. The molecule has 0 radical (unpaired) electrons. The van der Waals surface area contributed by atoms with Gasteiger partial charge in [-0.1, -0.05) is 25.0 Å². The van der Waals surface area contributed by atoms with Crippen molar-refractivity contribution in [3.8, 4) is 5.75 Å². The van der Waals surface area contributed by atoms with Crippen LogP contribution in [0.4, 0.5) is 17.1 Å². The first-order valence-electron chi connectivity index (χ1n) is 12.0. The summed E-state index contributed by atoms with van der Waals surface area (Å²) in [5, 5.41) is 11.3. The Hall–Kier alpha value is -4.08. The lowest BCUT2D eigenvalue weighted by Gasteiger charge is -2.19. The van der Waals surface area contributed by atoms with Gasteiger partial charge in [0.05, 0.1) is 34.1 Å². The van der Waals surface area contributed by atoms with Gasteiger partial charge in [-0.2, -0.15) is 0 Å². The van der Waals surface area contributed by atoms with E-state index in [2.05, 4.69) is 0 Å². The number of carbonyl (C=O) groups is 4. The van der Waals surface area contributed by atoms with Gasteiger partial charge in [-0.05, 0) is 38.0 Å². The molecule has 3 aliphatic rings. The summed E-state index contributed by atoms with van der Waals surface area (Å²) in [7, 11) is 0. The van der Waals surface area contributed by atoms with Crippen LogP contribution < -0.4 is 14.5 Å². The van der Waals surface area contributed by atoms with E-state index in [1.54, 1.807) is 37.3 Å². The van der Waals surface area contributed by atoms with Crippen LogP contribution in [0.25, 0.3) is 0 Å². The highest BCUT2D eigenvalue weighted by molar-refractivity contribution is 6.22. The number of imide groups is 1. The van der Waals surface area contributed by atoms with E-state index < -0.39 is 16.8 Å². The molecular formula is C26H25N3O7. The molecule has 5 rings (SSSR count). The van der Waals surface area contributed by atoms with Gasteiger partial charge >= 0.3 is 5.97 Å². The third kappa shape index (κ3) is 4.12. The zero-order valence-corrected chi connectivity index (χ0v) is 19.7. The molecule has 3 fully saturated rings. The maximum absolute atomic E-state index is 12.9. The summed E-state index contributed by atoms with van der Waals surface area (Å²) in [5.74, 6) is -2.55. The Morgan fingerprint density at radius 2 is 1.69 bits per heavy atom. The summed E-state index contributed by atoms with van der Waals surface area (Å²) >= 11 is 0. The molecule has 0 aromatic heterocycles. The van der Waals surface area contributed by atoms with Crippen molar-refractivity contribution in [2.24, 2.45) is 17.8 Å². The number of aryl methyl sites for hydroxylation is 1. The van der Waals surface area contributed by atoms with Gasteiger partial charge in [-0.3, -0.25) is 29.3 Å². The second-order valence-corrected chi connectivity index (χ2v) is 9.56. The van der Waals surface area contributed by atoms with Crippen LogP contribution in [0.1, 0.15) is 37.7 Å². The van der Waals surface area contributed by atoms with E-state index in [0.717, 1.165) is 12.8 Å². The fourth-order valence-corrected chi connectivity index (χ4v) is 5.38. The summed E-state index contributed by atoms with van der Waals surface area (Å²) in [6.07, 6.45) is 3.18. The SMILES string of the molecule is Cc1ccc(N2C[C@H](C(=O)Oc3cccc(N4C(=O)[C@@H]5CCCC[C@H]5C4=O)c3)CC2=O)cc1[N+](=O)[O-]. The molecule has 0 N–H and O–H groups in total. The molecule has 2 saturated heterocycles. The van der Waals surface area contributed by atoms with Crippen LogP contribution in [0.15, 0.2) is 42.5 Å². The minimum atomic E-state index is -0.764. The number of nitro benzene ring substituents is 1. The molecule has 3 atom stereocenters. The number of benzene rings is 2. The van der Waals surface area contributed by atoms with Crippen LogP contribution in [-0.4, -0.2) is 35.2 Å². The van der Waals surface area contributed by atoms with Crippen LogP contribution in [0.3, 0.4) is 0 Å². The summed E-state index contributed by atoms with van der Waals surface area (Å²) in [4.78, 5) is 64.6. The topological polar surface area (TPSA) is 127 Å². The van der Waals surface area contributed by atoms with E-state index in [4.69, 9.17) is 4.74 Å². The molecule has 3 amide bonds. The lowest BCUT2D eigenvalue weighted by Crippen LogP contribution is -2.31. The number of carbonyl (C=O) groups excluding carboxylic acids is 4. The van der Waals surface area contributed by atoms with Gasteiger partial charge in [-0.25, -0.2) is 4.90 Å². The van der Waals surface area contributed by atoms with E-state index in [0.29, 0.717) is 29.8 Å². The number of nitrogens with zero attached hydrogens (tertiary/aromatic N) is 3. The van der Waals surface area contributed by atoms with Gasteiger partial charge in [-0.15, -0.1) is 0 Å². The number of hydrogen-bond donors (Lipinski definition) is 0. The molecule has 186 valence electrons. The van der Waals surface area contributed by atoms with E-state index in [1.807, 2.05) is 0 Å². The van der Waals surface area contributed by atoms with E-state index in [-0.39, 0.29) is 54.0 Å². The summed E-state index contributed by atoms with van der Waals surface area (Å²) in [5.41, 5.74) is 1.08. The van der Waals surface area contributed by atoms with Crippen LogP contribution >= 0.6 is 0 Å². The highest BCUT2D eigenvalue weighted by Crippen LogP contribution is 2.40. The Bertz CT molecular complexity index is 1270. The molecule has 1 aliphatic carbocycles. The first-order valence-corrected chi connectivity index (χ1v) is 12.0. The Morgan fingerprint density at radius 3 is 2.36 bits per heavy atom. The third-order valence-corrected chi connectivity index (χ3v) is 7.29. The minimum Gasteiger partial charge on any atom is -0.426 e. The molecule has 0 unspecified atom stereocenters. The van der Waals surface area contributed by atoms with Crippen molar-refractivity contribution < 1.29 is 28.8 Å². The zero-order chi connectivity index (χ0) is 25.6. The number of ether oxygens (including phenoxy) is 1. The number of rotatable bonds is 5. The van der Waals surface area contributed by atoms with Gasteiger partial charge < -0.3 is 9.64 Å². The highest BCUT2D eigenvalue weighted by Gasteiger charge is 2.48. The quantitative estimate of drug-likeness (QED) is 0.206. The van der Waals surface area contributed by atoms with Crippen LogP contribution in [0.2, 0.25) is 0 Å². The summed E-state index contributed by atoms with van der Waals surface area (Å²) in [6, 6.07) is 10.8. The van der Waals surface area contributed by atoms with Gasteiger partial charge in [0, 0.05) is 30.7 Å². The molecule has 0 bridgehead atoms. The first kappa shape index (κ1) is 23.7. The largest absolute Gasteiger partial charge is 0.426 e. The van der Waals surface area contributed by atoms with Gasteiger partial charge in [0.2, 0.25) is 17.7 Å². The average Bonchev–Trinajstić information content (AvgIpc) is 3.37. The Morgan fingerprint density at radius 1 is 1.00 bits per heavy atom. The molecule has 0 spiro atoms. The lowest BCUT2D eigenvalue weighted by atomic mass is 9.81. The predicted molar refractivity (Wildman–Crippen MR) is 128 cm³/mol. The average molecular weight is 492 g/mol. The number of fused-ring (bicyclic) bond motifs is 1. The Labute approximate surface area is 207 Å². The van der Waals surface area contributed by atoms with Crippen molar-refractivity contribution in [1.29, 1.82) is 0 Å². The molecule has 2 heterocycles. The van der Waals surface area contributed by atoms with Gasteiger partial charge in [0.25, 0.3) is 5.69 Å². The highest BCUT2D eigenvalue weighted by atomic mass is 16.6. The standard InChI is InChI=1S/C26H25N3O7/c1-15-9-10-17(13-22(15)29(34)35)27-14-16(11-23(27)30)26(33)36-19-6-4-5-18(12-19)28-24(31)20-7-2-3-8-21(20)25(28)32/h4-6,9-10,12-13,16,20-21H,2-3,7-8,11,14H2,1H3/t16-,20-,21-/m1/s1. The second kappa shape index (κ2) is 9.18. The van der Waals surface area contributed by atoms with Crippen molar-refractivity contribution in [2.75, 3.05) is 16.3 Å². The van der Waals surface area contributed by atoms with Crippen molar-refractivity contribution >= 4 is 40.8 Å². The van der Waals surface area contributed by atoms with Crippen molar-refractivity contribution in [3.05, 3.63) is 58.1 Å². The monoisotopic (exact) mass is 491 g/mol. The molecule has 36 heavy (non-hydrogen) atoms. The van der Waals surface area contributed by atoms with E-state index >= 15 is 0 Å². The molecule has 1 saturated carbocycles. The Balaban J connectivity index is 1.29. The van der Waals surface area contributed by atoms with Crippen LogP contribution in [0.5, 0.6) is 5.75 Å². The van der Waals surface area contributed by atoms with Crippen molar-refractivity contribution in [3.63, 3.8) is 0 Å². The normalized spacial score (nSPS) is 23.7. The molecular weight excluding hydrogens is 466 g/mol.